The molecule has 3 aromatic rings. The summed E-state index contributed by atoms with van der Waals surface area (Å²) in [6.45, 7) is 3.61. The Kier molecular flexibility index (Phi) is 5.87. The average Bonchev–Trinajstić information content (AvgIpc) is 3.09. The smallest absolute Gasteiger partial charge is 0.214 e. The first-order valence-electron chi connectivity index (χ1n) is 10.8. The Morgan fingerprint density at radius 3 is 2.73 bits per heavy atom. The van der Waals surface area contributed by atoms with Gasteiger partial charge in [-0.1, -0.05) is 23.6 Å². The molecule has 168 valence electrons. The van der Waals surface area contributed by atoms with Crippen molar-refractivity contribution in [3.05, 3.63) is 58.4 Å². The molecule has 0 saturated carbocycles. The Morgan fingerprint density at radius 1 is 1.18 bits per heavy atom. The van der Waals surface area contributed by atoms with Crippen LogP contribution in [0, 0.1) is 17.3 Å². The number of hydrogen-bond donors (Lipinski definition) is 2. The van der Waals surface area contributed by atoms with E-state index in [0.29, 0.717) is 10.2 Å². The normalized spacial score (nSPS) is 18.6. The quantitative estimate of drug-likeness (QED) is 0.547. The first-order chi connectivity index (χ1) is 16.0. The summed E-state index contributed by atoms with van der Waals surface area (Å²) in [5, 5.41) is 9.61. The van der Waals surface area contributed by atoms with Crippen LogP contribution in [0.25, 0.3) is 0 Å². The second-order valence-corrected chi connectivity index (χ2v) is 9.89. The van der Waals surface area contributed by atoms with Gasteiger partial charge in [0.25, 0.3) is 0 Å². The molecule has 2 aromatic heterocycles. The summed E-state index contributed by atoms with van der Waals surface area (Å²) in [6, 6.07) is 8.29. The summed E-state index contributed by atoms with van der Waals surface area (Å²) in [6.07, 6.45) is 6.40. The molecule has 1 spiro atoms. The number of rotatable bonds is 3. The number of nitrogens with zero attached hydrogens (tertiary/aromatic N) is 5. The molecule has 1 fully saturated rings. The van der Waals surface area contributed by atoms with Gasteiger partial charge in [0.05, 0.1) is 11.2 Å². The van der Waals surface area contributed by atoms with Crippen molar-refractivity contribution < 1.29 is 0 Å². The van der Waals surface area contributed by atoms with E-state index in [-0.39, 0.29) is 17.3 Å². The van der Waals surface area contributed by atoms with Crippen LogP contribution in [-0.4, -0.2) is 33.3 Å². The van der Waals surface area contributed by atoms with E-state index in [0.717, 1.165) is 48.6 Å². The number of nitrogen functional groups attached to an aromatic ring is 1. The van der Waals surface area contributed by atoms with E-state index in [1.807, 2.05) is 6.92 Å². The fourth-order valence-electron chi connectivity index (χ4n) is 4.82. The zero-order valence-electron chi connectivity index (χ0n) is 18.3. The van der Waals surface area contributed by atoms with Crippen LogP contribution >= 0.6 is 23.4 Å². The lowest BCUT2D eigenvalue weighted by atomic mass is 9.73. The highest BCUT2D eigenvalue weighted by molar-refractivity contribution is 7.99. The lowest BCUT2D eigenvalue weighted by Gasteiger charge is -2.42. The molecule has 5 rings (SSSR count). The first kappa shape index (κ1) is 22.0. The Labute approximate surface area is 202 Å². The van der Waals surface area contributed by atoms with E-state index >= 15 is 0 Å². The molecule has 1 aliphatic carbocycles. The highest BCUT2D eigenvalue weighted by Crippen LogP contribution is 2.51. The van der Waals surface area contributed by atoms with Crippen LogP contribution in [0.1, 0.15) is 42.5 Å². The molecule has 1 aliphatic heterocycles. The van der Waals surface area contributed by atoms with Gasteiger partial charge in [-0.05, 0) is 72.7 Å². The predicted octanol–water partition coefficient (Wildman–Crippen LogP) is 3.87. The second kappa shape index (κ2) is 8.82. The van der Waals surface area contributed by atoms with Crippen molar-refractivity contribution in [1.82, 2.24) is 20.2 Å². The molecule has 1 atom stereocenters. The van der Waals surface area contributed by atoms with E-state index in [1.165, 1.54) is 22.9 Å². The maximum atomic E-state index is 6.79. The van der Waals surface area contributed by atoms with E-state index in [2.05, 4.69) is 55.1 Å². The molecule has 0 bridgehead atoms. The standard InChI is InChI=1S/C24H24ClN7S/c1-2-3-15-4-5-16-13-24(21(26)17(16)12-15)7-10-32(11-8-24)19-14-29-23(31-30-19)33-18-6-9-28-22(27)20(18)25/h4-6,9,12,14,21H,7-8,10-11,13,26H2,1H3,(H2,27,28)/t21-/m1/s1. The number of hydrogen-bond acceptors (Lipinski definition) is 8. The number of pyridine rings is 1. The van der Waals surface area contributed by atoms with Crippen molar-refractivity contribution in [3.63, 3.8) is 0 Å². The summed E-state index contributed by atoms with van der Waals surface area (Å²) in [7, 11) is 0. The van der Waals surface area contributed by atoms with Gasteiger partial charge in [0.1, 0.15) is 5.82 Å². The summed E-state index contributed by atoms with van der Waals surface area (Å²) >= 11 is 7.53. The molecular weight excluding hydrogens is 454 g/mol. The minimum Gasteiger partial charge on any atom is -0.382 e. The van der Waals surface area contributed by atoms with E-state index in [9.17, 15) is 0 Å². The van der Waals surface area contributed by atoms with Gasteiger partial charge in [0, 0.05) is 35.8 Å². The zero-order chi connectivity index (χ0) is 23.0. The van der Waals surface area contributed by atoms with Crippen molar-refractivity contribution in [2.45, 2.75) is 42.3 Å². The maximum Gasteiger partial charge on any atom is 0.214 e. The van der Waals surface area contributed by atoms with Crippen molar-refractivity contribution in [2.24, 2.45) is 11.1 Å². The van der Waals surface area contributed by atoms with Gasteiger partial charge in [-0.3, -0.25) is 0 Å². The van der Waals surface area contributed by atoms with Gasteiger partial charge in [-0.2, -0.15) is 0 Å². The monoisotopic (exact) mass is 477 g/mol. The summed E-state index contributed by atoms with van der Waals surface area (Å²) < 4.78 is 0. The first-order valence-corrected chi connectivity index (χ1v) is 12.0. The third kappa shape index (κ3) is 4.12. The molecule has 1 aromatic carbocycles. The van der Waals surface area contributed by atoms with Crippen LogP contribution in [0.5, 0.6) is 0 Å². The minimum atomic E-state index is 0.0359. The van der Waals surface area contributed by atoms with Crippen molar-refractivity contribution in [2.75, 3.05) is 23.7 Å². The number of fused-ring (bicyclic) bond motifs is 1. The van der Waals surface area contributed by atoms with Gasteiger partial charge >= 0.3 is 0 Å². The van der Waals surface area contributed by atoms with Crippen molar-refractivity contribution in [3.8, 4) is 11.8 Å². The molecule has 0 unspecified atom stereocenters. The summed E-state index contributed by atoms with van der Waals surface area (Å²) in [5.41, 5.74) is 16.3. The van der Waals surface area contributed by atoms with Crippen LogP contribution in [0.3, 0.4) is 0 Å². The molecule has 9 heteroatoms. The highest BCUT2D eigenvalue weighted by atomic mass is 35.5. The molecule has 3 heterocycles. The number of aromatic nitrogens is 4. The molecule has 0 radical (unpaired) electrons. The number of halogens is 1. The third-order valence-electron chi connectivity index (χ3n) is 6.65. The molecule has 33 heavy (non-hydrogen) atoms. The lowest BCUT2D eigenvalue weighted by Crippen LogP contribution is -2.44. The SMILES string of the molecule is CC#Cc1ccc2c(c1)[C@@H](N)C1(CCN(c3cnc(Sc4ccnc(N)c4Cl)nn3)CC1)C2. The van der Waals surface area contributed by atoms with Crippen molar-refractivity contribution in [1.29, 1.82) is 0 Å². The van der Waals surface area contributed by atoms with Crippen LogP contribution in [0.4, 0.5) is 11.6 Å². The fraction of sp³-hybridized carbons (Fsp3) is 0.333. The molecule has 2 aliphatic rings. The van der Waals surface area contributed by atoms with Gasteiger partial charge in [0.15, 0.2) is 5.82 Å². The number of anilines is 2. The van der Waals surface area contributed by atoms with Crippen LogP contribution in [0.2, 0.25) is 5.02 Å². The Hall–Kier alpha value is -2.86. The van der Waals surface area contributed by atoms with Crippen LogP contribution in [0.15, 0.2) is 46.7 Å². The topological polar surface area (TPSA) is 107 Å². The number of benzene rings is 1. The van der Waals surface area contributed by atoms with Gasteiger partial charge in [-0.25, -0.2) is 9.97 Å². The third-order valence-corrected chi connectivity index (χ3v) is 8.09. The van der Waals surface area contributed by atoms with Gasteiger partial charge in [-0.15, -0.1) is 16.1 Å². The summed E-state index contributed by atoms with van der Waals surface area (Å²) in [5.74, 6) is 7.19. The molecule has 7 nitrogen and oxygen atoms in total. The Morgan fingerprint density at radius 2 is 2.00 bits per heavy atom. The average molecular weight is 478 g/mol. The Bertz CT molecular complexity index is 1240. The van der Waals surface area contributed by atoms with Crippen molar-refractivity contribution >= 4 is 35.0 Å². The highest BCUT2D eigenvalue weighted by Gasteiger charge is 2.46. The largest absolute Gasteiger partial charge is 0.382 e. The maximum absolute atomic E-state index is 6.79. The second-order valence-electron chi connectivity index (χ2n) is 8.50. The zero-order valence-corrected chi connectivity index (χ0v) is 19.8. The minimum absolute atomic E-state index is 0.0359. The van der Waals surface area contributed by atoms with Crippen LogP contribution in [-0.2, 0) is 6.42 Å². The number of nitrogens with two attached hydrogens (primary N) is 2. The lowest BCUT2D eigenvalue weighted by molar-refractivity contribution is 0.187. The molecular formula is C24H24ClN7S. The van der Waals surface area contributed by atoms with E-state index < -0.39 is 0 Å². The van der Waals surface area contributed by atoms with Gasteiger partial charge < -0.3 is 16.4 Å². The van der Waals surface area contributed by atoms with Crippen LogP contribution < -0.4 is 16.4 Å². The fourth-order valence-corrected chi connectivity index (χ4v) is 5.76. The molecule has 0 amide bonds. The van der Waals surface area contributed by atoms with E-state index in [1.54, 1.807) is 18.5 Å². The Balaban J connectivity index is 1.26. The van der Waals surface area contributed by atoms with Gasteiger partial charge in [0.2, 0.25) is 5.16 Å². The van der Waals surface area contributed by atoms with E-state index in [4.69, 9.17) is 23.1 Å². The molecule has 1 saturated heterocycles. The number of piperidine rings is 1. The molecule has 4 N–H and O–H groups in total. The predicted molar refractivity (Wildman–Crippen MR) is 131 cm³/mol. The summed E-state index contributed by atoms with van der Waals surface area (Å²) in [4.78, 5) is 11.4.